The van der Waals surface area contributed by atoms with Crippen LogP contribution in [0.5, 0.6) is 0 Å². The number of fused-ring (bicyclic) bond motifs is 1. The maximum absolute atomic E-state index is 12.7. The number of aromatic amines is 1. The highest BCUT2D eigenvalue weighted by Gasteiger charge is 2.26. The topological polar surface area (TPSA) is 53.2 Å². The van der Waals surface area contributed by atoms with Crippen LogP contribution in [0.2, 0.25) is 5.02 Å². The lowest BCUT2D eigenvalue weighted by molar-refractivity contribution is 0.441. The summed E-state index contributed by atoms with van der Waals surface area (Å²) in [6.45, 7) is 0.857. The van der Waals surface area contributed by atoms with Crippen LogP contribution in [0.1, 0.15) is 12.0 Å². The number of hydrogen-bond acceptors (Lipinski definition) is 2. The van der Waals surface area contributed by atoms with Gasteiger partial charge in [0.2, 0.25) is 10.0 Å². The van der Waals surface area contributed by atoms with Crippen molar-refractivity contribution < 1.29 is 8.42 Å². The molecule has 1 N–H and O–H groups in total. The Morgan fingerprint density at radius 3 is 2.60 bits per heavy atom. The Balaban J connectivity index is 1.62. The van der Waals surface area contributed by atoms with Crippen LogP contribution in [-0.2, 0) is 10.0 Å². The second-order valence-corrected chi connectivity index (χ2v) is 8.42. The predicted octanol–water partition coefficient (Wildman–Crippen LogP) is 4.30. The zero-order valence-electron chi connectivity index (χ0n) is 13.4. The number of hydrogen-bond donors (Lipinski definition) is 1. The van der Waals surface area contributed by atoms with E-state index in [-0.39, 0.29) is 0 Å². The van der Waals surface area contributed by atoms with E-state index in [0.717, 1.165) is 22.0 Å². The van der Waals surface area contributed by atoms with E-state index in [1.807, 2.05) is 36.5 Å². The van der Waals surface area contributed by atoms with Gasteiger partial charge in [-0.15, -0.1) is 0 Å². The summed E-state index contributed by atoms with van der Waals surface area (Å²) in [5.74, 6) is 0. The molecule has 0 radical (unpaired) electrons. The van der Waals surface area contributed by atoms with Gasteiger partial charge in [0.15, 0.2) is 0 Å². The SMILES string of the molecule is O=S(=O)(c1ccccc1)N1CC=C(c2c[nH]c3cc(Cl)ccc23)CC1. The molecule has 0 aliphatic carbocycles. The zero-order chi connectivity index (χ0) is 17.4. The van der Waals surface area contributed by atoms with Crippen LogP contribution in [0.4, 0.5) is 0 Å². The minimum Gasteiger partial charge on any atom is -0.361 e. The molecule has 0 amide bonds. The normalized spacial score (nSPS) is 16.1. The van der Waals surface area contributed by atoms with Crippen LogP contribution in [-0.4, -0.2) is 30.8 Å². The Bertz CT molecular complexity index is 1060. The maximum Gasteiger partial charge on any atom is 0.243 e. The van der Waals surface area contributed by atoms with Gasteiger partial charge in [0.25, 0.3) is 0 Å². The van der Waals surface area contributed by atoms with Gasteiger partial charge in [-0.2, -0.15) is 4.31 Å². The monoisotopic (exact) mass is 372 g/mol. The zero-order valence-corrected chi connectivity index (χ0v) is 15.0. The molecule has 1 aliphatic heterocycles. The van der Waals surface area contributed by atoms with Crippen molar-refractivity contribution in [2.24, 2.45) is 0 Å². The van der Waals surface area contributed by atoms with Crippen molar-refractivity contribution in [1.82, 2.24) is 9.29 Å². The first-order valence-corrected chi connectivity index (χ1v) is 9.89. The molecule has 4 rings (SSSR count). The van der Waals surface area contributed by atoms with E-state index in [2.05, 4.69) is 4.98 Å². The molecule has 0 fully saturated rings. The highest BCUT2D eigenvalue weighted by Crippen LogP contribution is 2.31. The molecule has 0 saturated carbocycles. The van der Waals surface area contributed by atoms with E-state index in [1.54, 1.807) is 24.3 Å². The van der Waals surface area contributed by atoms with Gasteiger partial charge in [0.1, 0.15) is 0 Å². The Morgan fingerprint density at radius 2 is 1.88 bits per heavy atom. The summed E-state index contributed by atoms with van der Waals surface area (Å²) >= 11 is 6.03. The highest BCUT2D eigenvalue weighted by molar-refractivity contribution is 7.89. The standard InChI is InChI=1S/C19H17ClN2O2S/c20-15-6-7-17-18(13-21-19(17)12-15)14-8-10-22(11-9-14)25(23,24)16-4-2-1-3-5-16/h1-8,12-13,21H,9-11H2. The number of H-pyrrole nitrogens is 1. The molecular formula is C19H17ClN2O2S. The Morgan fingerprint density at radius 1 is 1.08 bits per heavy atom. The molecule has 0 atom stereocenters. The third-order valence-electron chi connectivity index (χ3n) is 4.54. The van der Waals surface area contributed by atoms with Gasteiger partial charge >= 0.3 is 0 Å². The molecular weight excluding hydrogens is 356 g/mol. The summed E-state index contributed by atoms with van der Waals surface area (Å²) < 4.78 is 26.9. The summed E-state index contributed by atoms with van der Waals surface area (Å²) in [6, 6.07) is 14.3. The summed E-state index contributed by atoms with van der Waals surface area (Å²) in [6.07, 6.45) is 4.65. The van der Waals surface area contributed by atoms with Crippen LogP contribution in [0.25, 0.3) is 16.5 Å². The van der Waals surface area contributed by atoms with E-state index >= 15 is 0 Å². The molecule has 1 aliphatic rings. The van der Waals surface area contributed by atoms with Crippen molar-refractivity contribution in [1.29, 1.82) is 0 Å². The number of nitrogens with one attached hydrogen (secondary N) is 1. The Labute approximate surface area is 151 Å². The van der Waals surface area contributed by atoms with E-state index in [9.17, 15) is 8.42 Å². The molecule has 0 bridgehead atoms. The van der Waals surface area contributed by atoms with Gasteiger partial charge in [-0.1, -0.05) is 41.9 Å². The van der Waals surface area contributed by atoms with Gasteiger partial charge in [-0.05, 0) is 36.3 Å². The lowest BCUT2D eigenvalue weighted by Crippen LogP contribution is -2.34. The van der Waals surface area contributed by atoms with Gasteiger partial charge in [-0.3, -0.25) is 0 Å². The molecule has 6 heteroatoms. The second kappa shape index (κ2) is 6.33. The lowest BCUT2D eigenvalue weighted by Gasteiger charge is -2.25. The molecule has 3 aromatic rings. The minimum absolute atomic E-state index is 0.341. The number of halogens is 1. The minimum atomic E-state index is -3.44. The van der Waals surface area contributed by atoms with E-state index in [0.29, 0.717) is 29.4 Å². The average Bonchev–Trinajstić information content (AvgIpc) is 3.05. The lowest BCUT2D eigenvalue weighted by atomic mass is 10.00. The summed E-state index contributed by atoms with van der Waals surface area (Å²) in [5, 5.41) is 1.80. The Kier molecular flexibility index (Phi) is 4.15. The van der Waals surface area contributed by atoms with Gasteiger partial charge in [0, 0.05) is 40.8 Å². The van der Waals surface area contributed by atoms with Crippen LogP contribution in [0.15, 0.2) is 65.7 Å². The van der Waals surface area contributed by atoms with Crippen molar-refractivity contribution in [3.8, 4) is 0 Å². The molecule has 4 nitrogen and oxygen atoms in total. The molecule has 0 unspecified atom stereocenters. The first kappa shape index (κ1) is 16.4. The first-order chi connectivity index (χ1) is 12.1. The second-order valence-electron chi connectivity index (χ2n) is 6.05. The third kappa shape index (κ3) is 2.99. The predicted molar refractivity (Wildman–Crippen MR) is 101 cm³/mol. The molecule has 0 saturated heterocycles. The number of rotatable bonds is 3. The molecule has 0 spiro atoms. The van der Waals surface area contributed by atoms with Crippen molar-refractivity contribution >= 4 is 38.1 Å². The number of sulfonamides is 1. The average molecular weight is 373 g/mol. The summed E-state index contributed by atoms with van der Waals surface area (Å²) in [5.41, 5.74) is 3.26. The highest BCUT2D eigenvalue weighted by atomic mass is 35.5. The van der Waals surface area contributed by atoms with Crippen LogP contribution < -0.4 is 0 Å². The van der Waals surface area contributed by atoms with Gasteiger partial charge in [0.05, 0.1) is 4.90 Å². The van der Waals surface area contributed by atoms with Crippen LogP contribution in [0.3, 0.4) is 0 Å². The molecule has 2 aromatic carbocycles. The third-order valence-corrected chi connectivity index (χ3v) is 6.66. The molecule has 2 heterocycles. The number of aromatic nitrogens is 1. The molecule has 1 aromatic heterocycles. The first-order valence-electron chi connectivity index (χ1n) is 8.07. The summed E-state index contributed by atoms with van der Waals surface area (Å²) in [4.78, 5) is 3.58. The van der Waals surface area contributed by atoms with Crippen molar-refractivity contribution in [2.45, 2.75) is 11.3 Å². The fraction of sp³-hybridized carbons (Fsp3) is 0.158. The van der Waals surface area contributed by atoms with Crippen molar-refractivity contribution in [3.63, 3.8) is 0 Å². The number of nitrogens with zero attached hydrogens (tertiary/aromatic N) is 1. The van der Waals surface area contributed by atoms with E-state index < -0.39 is 10.0 Å². The van der Waals surface area contributed by atoms with E-state index in [1.165, 1.54) is 4.31 Å². The van der Waals surface area contributed by atoms with Crippen LogP contribution >= 0.6 is 11.6 Å². The van der Waals surface area contributed by atoms with Gasteiger partial charge in [-0.25, -0.2) is 8.42 Å². The molecule has 128 valence electrons. The summed E-state index contributed by atoms with van der Waals surface area (Å²) in [7, 11) is -3.44. The van der Waals surface area contributed by atoms with Gasteiger partial charge < -0.3 is 4.98 Å². The van der Waals surface area contributed by atoms with Crippen molar-refractivity contribution in [3.05, 3.63) is 71.4 Å². The van der Waals surface area contributed by atoms with Crippen molar-refractivity contribution in [2.75, 3.05) is 13.1 Å². The molecule has 25 heavy (non-hydrogen) atoms. The quantitative estimate of drug-likeness (QED) is 0.745. The largest absolute Gasteiger partial charge is 0.361 e. The van der Waals surface area contributed by atoms with E-state index in [4.69, 9.17) is 11.6 Å². The fourth-order valence-corrected chi connectivity index (χ4v) is 4.79. The fourth-order valence-electron chi connectivity index (χ4n) is 3.22. The number of benzene rings is 2. The van der Waals surface area contributed by atoms with Crippen LogP contribution in [0, 0.1) is 0 Å². The smallest absolute Gasteiger partial charge is 0.243 e. The maximum atomic E-state index is 12.7. The Hall–Kier alpha value is -2.08.